The van der Waals surface area contributed by atoms with Crippen LogP contribution in [0, 0.1) is 13.8 Å². The summed E-state index contributed by atoms with van der Waals surface area (Å²) in [5, 5.41) is 5.24. The van der Waals surface area contributed by atoms with Crippen molar-refractivity contribution in [2.24, 2.45) is 0 Å². The summed E-state index contributed by atoms with van der Waals surface area (Å²) < 4.78 is 4.89. The van der Waals surface area contributed by atoms with Gasteiger partial charge in [0.25, 0.3) is 11.8 Å². The smallest absolute Gasteiger partial charge is 0.326 e. The molecule has 0 aromatic heterocycles. The minimum Gasteiger partial charge on any atom is -0.454 e. The third-order valence-electron chi connectivity index (χ3n) is 4.45. The molecule has 1 aromatic carbocycles. The van der Waals surface area contributed by atoms with Gasteiger partial charge in [-0.3, -0.25) is 19.3 Å². The van der Waals surface area contributed by atoms with Crippen molar-refractivity contribution in [2.75, 3.05) is 18.5 Å². The summed E-state index contributed by atoms with van der Waals surface area (Å²) in [4.78, 5) is 48.8. The summed E-state index contributed by atoms with van der Waals surface area (Å²) in [5.74, 6) is -1.81. The zero-order valence-corrected chi connectivity index (χ0v) is 15.3. The zero-order chi connectivity index (χ0) is 19.5. The average Bonchev–Trinajstić information content (AvgIpc) is 2.80. The van der Waals surface area contributed by atoms with Gasteiger partial charge in [0.15, 0.2) is 6.61 Å². The molecule has 1 atom stereocenters. The molecule has 0 bridgehead atoms. The number of hydrogen-bond acceptors (Lipinski definition) is 5. The highest BCUT2D eigenvalue weighted by Gasteiger charge is 2.47. The Bertz CT molecular complexity index is 741. The van der Waals surface area contributed by atoms with Crippen molar-refractivity contribution in [1.82, 2.24) is 10.2 Å². The Morgan fingerprint density at radius 3 is 2.38 bits per heavy atom. The summed E-state index contributed by atoms with van der Waals surface area (Å²) in [6, 6.07) is 4.95. The normalized spacial score (nSPS) is 19.3. The van der Waals surface area contributed by atoms with Crippen molar-refractivity contribution in [3.05, 3.63) is 29.3 Å². The molecular weight excluding hydrogens is 338 g/mol. The van der Waals surface area contributed by atoms with Crippen LogP contribution in [0.1, 0.15) is 31.4 Å². The largest absolute Gasteiger partial charge is 0.454 e. The molecule has 1 aromatic rings. The van der Waals surface area contributed by atoms with Gasteiger partial charge in [-0.25, -0.2) is 4.79 Å². The second-order valence-corrected chi connectivity index (χ2v) is 6.48. The monoisotopic (exact) mass is 361 g/mol. The van der Waals surface area contributed by atoms with Crippen molar-refractivity contribution in [1.29, 1.82) is 0 Å². The molecule has 1 aliphatic heterocycles. The number of benzene rings is 1. The summed E-state index contributed by atoms with van der Waals surface area (Å²) >= 11 is 0. The molecule has 2 rings (SSSR count). The number of amides is 4. The van der Waals surface area contributed by atoms with Crippen molar-refractivity contribution in [3.63, 3.8) is 0 Å². The van der Waals surface area contributed by atoms with Crippen molar-refractivity contribution < 1.29 is 23.9 Å². The number of aryl methyl sites for hydroxylation is 2. The Morgan fingerprint density at radius 2 is 1.85 bits per heavy atom. The number of urea groups is 1. The van der Waals surface area contributed by atoms with Crippen LogP contribution in [-0.4, -0.2) is 47.4 Å². The standard InChI is InChI=1S/C18H23N3O5/c1-5-18(4)16(24)21(17(25)20-18)9-14(23)26-10-13(22)19-15-11(2)7-6-8-12(15)3/h6-8H,5,9-10H2,1-4H3,(H,19,22)(H,20,25)/t18-/m1/s1. The van der Waals surface area contributed by atoms with Gasteiger partial charge < -0.3 is 15.4 Å². The van der Waals surface area contributed by atoms with Crippen LogP contribution in [0.2, 0.25) is 0 Å². The Kier molecular flexibility index (Phi) is 5.64. The van der Waals surface area contributed by atoms with Crippen molar-refractivity contribution in [3.8, 4) is 0 Å². The van der Waals surface area contributed by atoms with E-state index in [1.165, 1.54) is 0 Å². The first-order valence-corrected chi connectivity index (χ1v) is 8.33. The van der Waals surface area contributed by atoms with Gasteiger partial charge in [0.2, 0.25) is 0 Å². The minimum atomic E-state index is -1.02. The lowest BCUT2D eigenvalue weighted by atomic mass is 9.99. The van der Waals surface area contributed by atoms with Gasteiger partial charge in [0.05, 0.1) is 0 Å². The molecule has 1 fully saturated rings. The van der Waals surface area contributed by atoms with Crippen molar-refractivity contribution in [2.45, 2.75) is 39.7 Å². The average molecular weight is 361 g/mol. The first-order chi connectivity index (χ1) is 12.2. The van der Waals surface area contributed by atoms with Crippen LogP contribution in [0.25, 0.3) is 0 Å². The highest BCUT2D eigenvalue weighted by molar-refractivity contribution is 6.08. The Labute approximate surface area is 151 Å². The molecule has 8 nitrogen and oxygen atoms in total. The fourth-order valence-electron chi connectivity index (χ4n) is 2.64. The molecule has 140 valence electrons. The van der Waals surface area contributed by atoms with E-state index in [-0.39, 0.29) is 0 Å². The second-order valence-electron chi connectivity index (χ2n) is 6.48. The Morgan fingerprint density at radius 1 is 1.23 bits per heavy atom. The van der Waals surface area contributed by atoms with E-state index in [4.69, 9.17) is 4.74 Å². The minimum absolute atomic E-state index is 0.404. The number of imide groups is 1. The molecular formula is C18H23N3O5. The zero-order valence-electron chi connectivity index (χ0n) is 15.3. The molecule has 0 unspecified atom stereocenters. The molecule has 0 radical (unpaired) electrons. The SMILES string of the molecule is CC[C@@]1(C)NC(=O)N(CC(=O)OCC(=O)Nc2c(C)cccc2C)C1=O. The number of para-hydroxylation sites is 1. The predicted molar refractivity (Wildman–Crippen MR) is 94.4 cm³/mol. The number of nitrogens with zero attached hydrogens (tertiary/aromatic N) is 1. The Hall–Kier alpha value is -2.90. The van der Waals surface area contributed by atoms with Crippen molar-refractivity contribution >= 4 is 29.5 Å². The fraction of sp³-hybridized carbons (Fsp3) is 0.444. The van der Waals surface area contributed by atoms with E-state index in [1.54, 1.807) is 13.8 Å². The molecule has 26 heavy (non-hydrogen) atoms. The van der Waals surface area contributed by atoms with Gasteiger partial charge in [0.1, 0.15) is 12.1 Å². The molecule has 4 amide bonds. The van der Waals surface area contributed by atoms with Gasteiger partial charge in [0, 0.05) is 5.69 Å². The van der Waals surface area contributed by atoms with Crippen LogP contribution < -0.4 is 10.6 Å². The van der Waals surface area contributed by atoms with Crippen LogP contribution in [0.4, 0.5) is 10.5 Å². The lowest BCUT2D eigenvalue weighted by Gasteiger charge is -2.18. The Balaban J connectivity index is 1.88. The fourth-order valence-corrected chi connectivity index (χ4v) is 2.64. The number of ether oxygens (including phenoxy) is 1. The third kappa shape index (κ3) is 4.01. The second kappa shape index (κ2) is 7.55. The van der Waals surface area contributed by atoms with Gasteiger partial charge in [-0.1, -0.05) is 25.1 Å². The molecule has 0 saturated carbocycles. The van der Waals surface area contributed by atoms with Gasteiger partial charge in [-0.05, 0) is 38.3 Å². The van der Waals surface area contributed by atoms with Crippen LogP contribution in [0.5, 0.6) is 0 Å². The number of carbonyl (C=O) groups is 4. The number of hydrogen-bond donors (Lipinski definition) is 2. The molecule has 1 aliphatic rings. The van der Waals surface area contributed by atoms with Crippen LogP contribution in [0.3, 0.4) is 0 Å². The highest BCUT2D eigenvalue weighted by Crippen LogP contribution is 2.21. The van der Waals surface area contributed by atoms with Crippen LogP contribution in [-0.2, 0) is 19.1 Å². The van der Waals surface area contributed by atoms with E-state index in [9.17, 15) is 19.2 Å². The lowest BCUT2D eigenvalue weighted by Crippen LogP contribution is -2.43. The van der Waals surface area contributed by atoms with E-state index in [1.807, 2.05) is 32.0 Å². The van der Waals surface area contributed by atoms with Crippen LogP contribution >= 0.6 is 0 Å². The van der Waals surface area contributed by atoms with Crippen LogP contribution in [0.15, 0.2) is 18.2 Å². The first-order valence-electron chi connectivity index (χ1n) is 8.33. The van der Waals surface area contributed by atoms with E-state index in [2.05, 4.69) is 10.6 Å². The summed E-state index contributed by atoms with van der Waals surface area (Å²) in [7, 11) is 0. The molecule has 0 aliphatic carbocycles. The van der Waals surface area contributed by atoms with E-state index in [0.717, 1.165) is 16.0 Å². The maximum atomic E-state index is 12.2. The first kappa shape index (κ1) is 19.4. The lowest BCUT2D eigenvalue weighted by molar-refractivity contribution is -0.150. The number of esters is 1. The van der Waals surface area contributed by atoms with E-state index >= 15 is 0 Å². The summed E-state index contributed by atoms with van der Waals surface area (Å²) in [6.45, 7) is 6.04. The van der Waals surface area contributed by atoms with Gasteiger partial charge in [-0.2, -0.15) is 0 Å². The predicted octanol–water partition coefficient (Wildman–Crippen LogP) is 1.51. The molecule has 1 saturated heterocycles. The quantitative estimate of drug-likeness (QED) is 0.590. The summed E-state index contributed by atoms with van der Waals surface area (Å²) in [5.41, 5.74) is 1.43. The van der Waals surface area contributed by atoms with E-state index < -0.39 is 42.5 Å². The maximum Gasteiger partial charge on any atom is 0.326 e. The molecule has 8 heteroatoms. The van der Waals surface area contributed by atoms with Gasteiger partial charge in [-0.15, -0.1) is 0 Å². The number of rotatable bonds is 6. The molecule has 1 heterocycles. The maximum absolute atomic E-state index is 12.2. The molecule has 0 spiro atoms. The van der Waals surface area contributed by atoms with Gasteiger partial charge >= 0.3 is 12.0 Å². The molecule has 2 N–H and O–H groups in total. The summed E-state index contributed by atoms with van der Waals surface area (Å²) in [6.07, 6.45) is 0.404. The van der Waals surface area contributed by atoms with E-state index in [0.29, 0.717) is 12.1 Å². The number of nitrogens with one attached hydrogen (secondary N) is 2. The highest BCUT2D eigenvalue weighted by atomic mass is 16.5. The number of anilines is 1. The topological polar surface area (TPSA) is 105 Å². The third-order valence-corrected chi connectivity index (χ3v) is 4.45. The number of carbonyl (C=O) groups excluding carboxylic acids is 4.